The molecule has 0 unspecified atom stereocenters. The zero-order valence-electron chi connectivity index (χ0n) is 17.7. The first-order chi connectivity index (χ1) is 15.6. The second kappa shape index (κ2) is 8.74. The Labute approximate surface area is 192 Å². The summed E-state index contributed by atoms with van der Waals surface area (Å²) in [5, 5.41) is 10.8. The Morgan fingerprint density at radius 1 is 1.06 bits per heavy atom. The highest BCUT2D eigenvalue weighted by Crippen LogP contribution is 2.29. The van der Waals surface area contributed by atoms with Gasteiger partial charge >= 0.3 is 6.18 Å². The molecule has 1 amide bonds. The molecule has 0 atom stereocenters. The summed E-state index contributed by atoms with van der Waals surface area (Å²) in [6.07, 6.45) is -4.56. The number of anilines is 3. The summed E-state index contributed by atoms with van der Waals surface area (Å²) in [6, 6.07) is 15.3. The molecule has 2 heterocycles. The summed E-state index contributed by atoms with van der Waals surface area (Å²) >= 11 is 6.03. The van der Waals surface area contributed by atoms with Gasteiger partial charge in [-0.3, -0.25) is 9.48 Å². The van der Waals surface area contributed by atoms with Gasteiger partial charge in [-0.25, -0.2) is 4.98 Å². The van der Waals surface area contributed by atoms with Crippen LogP contribution < -0.4 is 10.6 Å². The molecule has 0 saturated carbocycles. The van der Waals surface area contributed by atoms with E-state index in [0.717, 1.165) is 32.9 Å². The molecule has 6 nitrogen and oxygen atoms in total. The highest BCUT2D eigenvalue weighted by atomic mass is 35.5. The molecule has 33 heavy (non-hydrogen) atoms. The molecule has 170 valence electrons. The van der Waals surface area contributed by atoms with Gasteiger partial charge in [0, 0.05) is 27.5 Å². The molecule has 0 saturated heterocycles. The van der Waals surface area contributed by atoms with Crippen molar-refractivity contribution in [3.05, 3.63) is 76.6 Å². The second-order valence-electron chi connectivity index (χ2n) is 7.57. The highest BCUT2D eigenvalue weighted by molar-refractivity contribution is 6.30. The van der Waals surface area contributed by atoms with E-state index in [1.807, 2.05) is 25.1 Å². The zero-order valence-corrected chi connectivity index (χ0v) is 18.4. The van der Waals surface area contributed by atoms with Gasteiger partial charge in [-0.05, 0) is 67.9 Å². The maximum atomic E-state index is 12.8. The van der Waals surface area contributed by atoms with Crippen LogP contribution in [0, 0.1) is 13.8 Å². The van der Waals surface area contributed by atoms with Crippen LogP contribution in [-0.4, -0.2) is 20.7 Å². The van der Waals surface area contributed by atoms with Gasteiger partial charge < -0.3 is 10.6 Å². The maximum Gasteiger partial charge on any atom is 0.435 e. The first-order valence-electron chi connectivity index (χ1n) is 9.94. The Morgan fingerprint density at radius 3 is 2.55 bits per heavy atom. The first-order valence-corrected chi connectivity index (χ1v) is 10.3. The lowest BCUT2D eigenvalue weighted by atomic mass is 10.1. The fourth-order valence-electron chi connectivity index (χ4n) is 3.40. The molecule has 0 bridgehead atoms. The number of amides is 1. The molecule has 4 aromatic rings. The van der Waals surface area contributed by atoms with Crippen LogP contribution in [-0.2, 0) is 17.5 Å². The van der Waals surface area contributed by atoms with Crippen LogP contribution in [0.4, 0.5) is 30.4 Å². The van der Waals surface area contributed by atoms with Gasteiger partial charge in [0.2, 0.25) is 5.91 Å². The number of aryl methyl sites for hydroxylation is 2. The van der Waals surface area contributed by atoms with Crippen molar-refractivity contribution in [2.45, 2.75) is 26.6 Å². The van der Waals surface area contributed by atoms with Crippen molar-refractivity contribution in [2.24, 2.45) is 0 Å². The van der Waals surface area contributed by atoms with E-state index >= 15 is 0 Å². The molecule has 2 aromatic heterocycles. The lowest BCUT2D eigenvalue weighted by Crippen LogP contribution is -2.20. The fourth-order valence-corrected chi connectivity index (χ4v) is 3.59. The minimum atomic E-state index is -4.56. The molecule has 0 aliphatic carbocycles. The van der Waals surface area contributed by atoms with Crippen LogP contribution >= 0.6 is 11.6 Å². The van der Waals surface area contributed by atoms with Gasteiger partial charge in [0.15, 0.2) is 5.69 Å². The number of pyridine rings is 1. The lowest BCUT2D eigenvalue weighted by Gasteiger charge is -2.11. The largest absolute Gasteiger partial charge is 0.435 e. The molecule has 2 N–H and O–H groups in total. The van der Waals surface area contributed by atoms with Crippen LogP contribution in [0.2, 0.25) is 5.02 Å². The number of carbonyl (C=O) groups is 1. The predicted molar refractivity (Wildman–Crippen MR) is 122 cm³/mol. The van der Waals surface area contributed by atoms with Crippen LogP contribution in [0.25, 0.3) is 10.9 Å². The summed E-state index contributed by atoms with van der Waals surface area (Å²) in [7, 11) is 0. The number of halogens is 4. The van der Waals surface area contributed by atoms with E-state index in [9.17, 15) is 18.0 Å². The number of alkyl halides is 3. The van der Waals surface area contributed by atoms with E-state index in [2.05, 4.69) is 20.7 Å². The smallest absolute Gasteiger partial charge is 0.340 e. The SMILES string of the molecule is Cc1cc(Nc2cccc(Cl)c2)nc2ccc(NC(=O)Cn3nc(C(F)(F)F)cc3C)cc12. The normalized spacial score (nSPS) is 11.6. The number of hydrogen-bond donors (Lipinski definition) is 2. The molecule has 4 rings (SSSR count). The first kappa shape index (κ1) is 22.6. The number of nitrogens with zero attached hydrogens (tertiary/aromatic N) is 3. The quantitative estimate of drug-likeness (QED) is 0.367. The highest BCUT2D eigenvalue weighted by Gasteiger charge is 2.34. The average molecular weight is 474 g/mol. The van der Waals surface area contributed by atoms with Crippen molar-refractivity contribution < 1.29 is 18.0 Å². The minimum Gasteiger partial charge on any atom is -0.340 e. The summed E-state index contributed by atoms with van der Waals surface area (Å²) in [4.78, 5) is 17.0. The molecule has 0 radical (unpaired) electrons. The summed E-state index contributed by atoms with van der Waals surface area (Å²) in [6.45, 7) is 3.06. The van der Waals surface area contributed by atoms with Crippen LogP contribution in [0.5, 0.6) is 0 Å². The van der Waals surface area contributed by atoms with Gasteiger partial charge in [0.1, 0.15) is 12.4 Å². The maximum absolute atomic E-state index is 12.8. The third kappa shape index (κ3) is 5.25. The Morgan fingerprint density at radius 2 is 1.85 bits per heavy atom. The van der Waals surface area contributed by atoms with Crippen molar-refractivity contribution in [1.82, 2.24) is 14.8 Å². The van der Waals surface area contributed by atoms with Crippen molar-refractivity contribution in [3.8, 4) is 0 Å². The van der Waals surface area contributed by atoms with Gasteiger partial charge in [-0.15, -0.1) is 0 Å². The van der Waals surface area contributed by atoms with Crippen molar-refractivity contribution in [2.75, 3.05) is 10.6 Å². The molecular weight excluding hydrogens is 455 g/mol. The molecular formula is C23H19ClF3N5O. The number of hydrogen-bond acceptors (Lipinski definition) is 4. The van der Waals surface area contributed by atoms with Crippen LogP contribution in [0.3, 0.4) is 0 Å². The average Bonchev–Trinajstić information content (AvgIpc) is 3.09. The summed E-state index contributed by atoms with van der Waals surface area (Å²) in [5.41, 5.74) is 2.18. The van der Waals surface area contributed by atoms with Gasteiger partial charge in [0.25, 0.3) is 0 Å². The Kier molecular flexibility index (Phi) is 5.99. The van der Waals surface area contributed by atoms with Crippen LogP contribution in [0.1, 0.15) is 17.0 Å². The lowest BCUT2D eigenvalue weighted by molar-refractivity contribution is -0.141. The standard InChI is InChI=1S/C23H19ClF3N5O/c1-13-8-21(28-16-5-3-4-15(24)10-16)30-19-7-6-17(11-18(13)19)29-22(33)12-32-14(2)9-20(31-32)23(25,26)27/h3-11H,12H2,1-2H3,(H,28,30)(H,29,33). The van der Waals surface area contributed by atoms with E-state index in [1.165, 1.54) is 6.92 Å². The molecule has 0 fully saturated rings. The second-order valence-corrected chi connectivity index (χ2v) is 8.00. The molecule has 0 spiro atoms. The van der Waals surface area contributed by atoms with Crippen LogP contribution in [0.15, 0.2) is 54.6 Å². The molecule has 2 aromatic carbocycles. The number of nitrogens with one attached hydrogen (secondary N) is 2. The molecule has 0 aliphatic heterocycles. The fraction of sp³-hybridized carbons (Fsp3) is 0.174. The third-order valence-electron chi connectivity index (χ3n) is 4.96. The van der Waals surface area contributed by atoms with Gasteiger partial charge in [-0.2, -0.15) is 18.3 Å². The zero-order chi connectivity index (χ0) is 23.8. The number of aromatic nitrogens is 3. The Balaban J connectivity index is 1.50. The van der Waals surface area contributed by atoms with E-state index in [-0.39, 0.29) is 12.2 Å². The summed E-state index contributed by atoms with van der Waals surface area (Å²) in [5.74, 6) is 0.160. The number of rotatable bonds is 5. The Hall–Kier alpha value is -3.59. The van der Waals surface area contributed by atoms with Crippen molar-refractivity contribution in [3.63, 3.8) is 0 Å². The monoisotopic (exact) mass is 473 g/mol. The van der Waals surface area contributed by atoms with E-state index in [4.69, 9.17) is 11.6 Å². The topological polar surface area (TPSA) is 71.8 Å². The van der Waals surface area contributed by atoms with E-state index < -0.39 is 17.8 Å². The minimum absolute atomic E-state index is 0.246. The van der Waals surface area contributed by atoms with E-state index in [1.54, 1.807) is 30.3 Å². The van der Waals surface area contributed by atoms with E-state index in [0.29, 0.717) is 16.5 Å². The number of benzene rings is 2. The van der Waals surface area contributed by atoms with Crippen molar-refractivity contribution >= 4 is 45.6 Å². The summed E-state index contributed by atoms with van der Waals surface area (Å²) < 4.78 is 39.5. The Bertz CT molecular complexity index is 1350. The third-order valence-corrected chi connectivity index (χ3v) is 5.20. The predicted octanol–water partition coefficient (Wildman–Crippen LogP) is 6.10. The van der Waals surface area contributed by atoms with Gasteiger partial charge in [-0.1, -0.05) is 17.7 Å². The van der Waals surface area contributed by atoms with Crippen molar-refractivity contribution in [1.29, 1.82) is 0 Å². The number of fused-ring (bicyclic) bond motifs is 1. The number of carbonyl (C=O) groups excluding carboxylic acids is 1. The van der Waals surface area contributed by atoms with Gasteiger partial charge in [0.05, 0.1) is 5.52 Å². The molecule has 0 aliphatic rings. The molecule has 10 heteroatoms.